The number of carboxylic acid groups (broad SMARTS) is 1. The average molecular weight is 279 g/mol. The van der Waals surface area contributed by atoms with Crippen molar-refractivity contribution in [2.45, 2.75) is 18.3 Å². The molecular weight excluding hydrogens is 265 g/mol. The number of halogens is 1. The van der Waals surface area contributed by atoms with E-state index in [9.17, 15) is 4.79 Å². The van der Waals surface area contributed by atoms with Crippen molar-refractivity contribution in [3.05, 3.63) is 0 Å². The van der Waals surface area contributed by atoms with Gasteiger partial charge in [0.2, 0.25) is 0 Å². The van der Waals surface area contributed by atoms with E-state index < -0.39 is 5.97 Å². The number of hydrogen-bond acceptors (Lipinski definition) is 3. The van der Waals surface area contributed by atoms with E-state index in [-0.39, 0.29) is 33.6 Å². The Balaban J connectivity index is 0. The largest absolute Gasteiger partial charge is 0.147 e. The summed E-state index contributed by atoms with van der Waals surface area (Å²) in [5.41, 5.74) is 0. The normalized spacial score (nSPS) is 11.8. The molecule has 0 aliphatic heterocycles. The summed E-state index contributed by atoms with van der Waals surface area (Å²) < 4.78 is 2.97. The van der Waals surface area contributed by atoms with Gasteiger partial charge in [-0.2, -0.15) is 0 Å². The molecule has 3 nitrogen and oxygen atoms in total. The molecule has 0 amide bonds. The molecule has 74 valence electrons. The van der Waals surface area contributed by atoms with Gasteiger partial charge in [-0.3, -0.25) is 0 Å². The monoisotopic (exact) mass is 279 g/mol. The molecule has 0 bridgehead atoms. The van der Waals surface area contributed by atoms with Crippen LogP contribution in [0.15, 0.2) is 0 Å². The summed E-state index contributed by atoms with van der Waals surface area (Å²) in [5.74, 6) is 2.14. The molecule has 0 saturated carbocycles. The van der Waals surface area contributed by atoms with Crippen LogP contribution in [0.5, 0.6) is 0 Å². The van der Waals surface area contributed by atoms with Crippen LogP contribution in [-0.2, 0) is 4.79 Å². The van der Waals surface area contributed by atoms with E-state index in [0.717, 1.165) is 5.75 Å². The summed E-state index contributed by atoms with van der Waals surface area (Å²) in [6.07, 6.45) is 2.70. The van der Waals surface area contributed by atoms with E-state index in [1.165, 1.54) is 0 Å². The fourth-order valence-electron chi connectivity index (χ4n) is 0.611. The third-order valence-electron chi connectivity index (χ3n) is 1.17. The molecule has 0 aliphatic rings. The van der Waals surface area contributed by atoms with Crippen molar-refractivity contribution in [3.8, 4) is 0 Å². The van der Waals surface area contributed by atoms with Crippen molar-refractivity contribution in [2.75, 3.05) is 12.0 Å². The van der Waals surface area contributed by atoms with Crippen molar-refractivity contribution >= 4 is 45.3 Å². The van der Waals surface area contributed by atoms with Crippen molar-refractivity contribution in [1.82, 2.24) is 4.33 Å². The Morgan fingerprint density at radius 2 is 2.33 bits per heavy atom. The Hall–Kier alpha value is 0.589. The van der Waals surface area contributed by atoms with Crippen molar-refractivity contribution in [2.24, 2.45) is 0 Å². The Labute approximate surface area is 89.8 Å². The van der Waals surface area contributed by atoms with E-state index in [2.05, 4.69) is 4.33 Å². The topological polar surface area (TPSA) is 49.3 Å². The van der Waals surface area contributed by atoms with Crippen molar-refractivity contribution in [3.63, 3.8) is 0 Å². The van der Waals surface area contributed by atoms with Crippen LogP contribution in [0.2, 0.25) is 5.82 Å². The van der Waals surface area contributed by atoms with Crippen LogP contribution in [0.4, 0.5) is 0 Å². The second-order valence-corrected chi connectivity index (χ2v) is 4.33. The smallest absolute Gasteiger partial charge is 0.147 e. The predicted octanol–water partition coefficient (Wildman–Crippen LogP) is 0.871. The van der Waals surface area contributed by atoms with Gasteiger partial charge in [-0.15, -0.1) is 12.4 Å². The van der Waals surface area contributed by atoms with E-state index >= 15 is 0 Å². The third kappa shape index (κ3) is 7.25. The zero-order chi connectivity index (χ0) is 8.69. The van der Waals surface area contributed by atoms with Crippen LogP contribution in [0, 0.1) is 0 Å². The summed E-state index contributed by atoms with van der Waals surface area (Å²) in [6, 6.07) is -0.340. The molecule has 0 rings (SSSR count). The fourth-order valence-corrected chi connectivity index (χ4v) is 2.14. The molecule has 0 aromatic heterocycles. The van der Waals surface area contributed by atoms with E-state index in [1.807, 2.05) is 12.1 Å². The minimum absolute atomic E-state index is 0. The SMILES string of the molecule is CSCCC(N[Se]C)C(=O)O.Cl. The van der Waals surface area contributed by atoms with Gasteiger partial charge in [0, 0.05) is 0 Å². The maximum absolute atomic E-state index is 10.5. The van der Waals surface area contributed by atoms with Gasteiger partial charge in [-0.25, -0.2) is 0 Å². The average Bonchev–Trinajstić information content (AvgIpc) is 1.97. The van der Waals surface area contributed by atoms with Gasteiger partial charge in [0.05, 0.1) is 0 Å². The van der Waals surface area contributed by atoms with Crippen molar-refractivity contribution < 1.29 is 9.90 Å². The van der Waals surface area contributed by atoms with Crippen LogP contribution < -0.4 is 4.33 Å². The molecule has 0 spiro atoms. The number of thioether (sulfide) groups is 1. The van der Waals surface area contributed by atoms with Crippen LogP contribution in [0.1, 0.15) is 6.42 Å². The third-order valence-corrected chi connectivity index (χ3v) is 2.90. The molecule has 12 heavy (non-hydrogen) atoms. The predicted molar refractivity (Wildman–Crippen MR) is 56.4 cm³/mol. The molecule has 1 unspecified atom stereocenters. The molecule has 1 atom stereocenters. The minimum atomic E-state index is -0.734. The zero-order valence-electron chi connectivity index (χ0n) is 7.07. The molecule has 0 fully saturated rings. The second-order valence-electron chi connectivity index (χ2n) is 1.99. The number of nitrogens with one attached hydrogen (secondary N) is 1. The summed E-state index contributed by atoms with van der Waals surface area (Å²) in [7, 11) is 0. The molecule has 0 aliphatic carbocycles. The van der Waals surface area contributed by atoms with Crippen LogP contribution in [0.25, 0.3) is 0 Å². The summed E-state index contributed by atoms with van der Waals surface area (Å²) in [6.45, 7) is 0. The molecule has 0 saturated heterocycles. The Morgan fingerprint density at radius 1 is 1.75 bits per heavy atom. The molecule has 6 heteroatoms. The first kappa shape index (κ1) is 15.1. The Kier molecular flexibility index (Phi) is 12.2. The number of hydrogen-bond donors (Lipinski definition) is 2. The quantitative estimate of drug-likeness (QED) is 0.708. The summed E-state index contributed by atoms with van der Waals surface area (Å²) in [5, 5.41) is 8.67. The van der Waals surface area contributed by atoms with Crippen LogP contribution in [0.3, 0.4) is 0 Å². The number of carboxylic acids is 1. The molecule has 0 radical (unpaired) electrons. The second kappa shape index (κ2) is 9.68. The first-order valence-electron chi connectivity index (χ1n) is 3.22. The van der Waals surface area contributed by atoms with Gasteiger partial charge in [0.15, 0.2) is 0 Å². The maximum atomic E-state index is 10.5. The van der Waals surface area contributed by atoms with Gasteiger partial charge in [-0.05, 0) is 0 Å². The van der Waals surface area contributed by atoms with Crippen molar-refractivity contribution in [1.29, 1.82) is 0 Å². The van der Waals surface area contributed by atoms with E-state index in [4.69, 9.17) is 5.11 Å². The first-order chi connectivity index (χ1) is 5.22. The van der Waals surface area contributed by atoms with Gasteiger partial charge in [0.25, 0.3) is 0 Å². The van der Waals surface area contributed by atoms with Gasteiger partial charge in [0.1, 0.15) is 0 Å². The molecule has 0 aromatic carbocycles. The Morgan fingerprint density at radius 3 is 2.67 bits per heavy atom. The maximum Gasteiger partial charge on any atom is -0.147 e. The van der Waals surface area contributed by atoms with Crippen LogP contribution >= 0.6 is 24.2 Å². The van der Waals surface area contributed by atoms with Gasteiger partial charge < -0.3 is 0 Å². The summed E-state index contributed by atoms with van der Waals surface area (Å²) >= 11 is 1.91. The summed E-state index contributed by atoms with van der Waals surface area (Å²) in [4.78, 5) is 10.5. The molecule has 0 aromatic rings. The first-order valence-corrected chi connectivity index (χ1v) is 7.19. The zero-order valence-corrected chi connectivity index (χ0v) is 10.4. The van der Waals surface area contributed by atoms with Gasteiger partial charge in [-0.1, -0.05) is 0 Å². The van der Waals surface area contributed by atoms with E-state index in [1.54, 1.807) is 11.8 Å². The number of carbonyl (C=O) groups is 1. The van der Waals surface area contributed by atoms with E-state index in [0.29, 0.717) is 6.42 Å². The fraction of sp³-hybridized carbons (Fsp3) is 0.833. The minimum Gasteiger partial charge on any atom is -0.147 e. The van der Waals surface area contributed by atoms with Crippen LogP contribution in [-0.4, -0.2) is 44.3 Å². The molecule has 0 heterocycles. The number of rotatable bonds is 6. The standard InChI is InChI=1S/C6H13NO2SSe.ClH/c1-10-4-3-5(6(8)9)7-11-2;/h5,7H,3-4H2,1-2H3,(H,8,9);1H. The molecule has 2 N–H and O–H groups in total. The Bertz CT molecular complexity index is 128. The molecular formula is C6H14ClNO2SSe. The number of aliphatic carboxylic acids is 1. The van der Waals surface area contributed by atoms with Gasteiger partial charge >= 0.3 is 77.4 Å².